The van der Waals surface area contributed by atoms with Gasteiger partial charge in [-0.2, -0.15) is 30.4 Å². The number of rotatable bonds is 4. The molecule has 0 amide bonds. The monoisotopic (exact) mass is 368 g/mol. The lowest BCUT2D eigenvalue weighted by molar-refractivity contribution is -0.402. The Hall–Kier alpha value is -2.45. The Bertz CT molecular complexity index is 789. The van der Waals surface area contributed by atoms with E-state index in [0.717, 1.165) is 0 Å². The molecule has 0 aromatic heterocycles. The first-order chi connectivity index (χ1) is 10.1. The summed E-state index contributed by atoms with van der Waals surface area (Å²) < 4.78 is 98.1. The average molecular weight is 368 g/mol. The fraction of sp³-hybridized carbons (Fsp3) is 0.250. The van der Waals surface area contributed by atoms with Crippen LogP contribution in [0.1, 0.15) is 5.56 Å². The van der Waals surface area contributed by atoms with E-state index < -0.39 is 54.0 Å². The SMILES string of the molecule is O=[N+]([O-])c1ccc(C(F)(F)C(F)(F)F)c([N+](=O)[O-])c1S(=O)(=O)F. The van der Waals surface area contributed by atoms with E-state index in [2.05, 4.69) is 0 Å². The second kappa shape index (κ2) is 5.32. The number of halogens is 6. The zero-order valence-electron chi connectivity index (χ0n) is 10.2. The lowest BCUT2D eigenvalue weighted by atomic mass is 10.0. The Morgan fingerprint density at radius 1 is 0.957 bits per heavy atom. The van der Waals surface area contributed by atoms with Crippen LogP contribution in [0.3, 0.4) is 0 Å². The van der Waals surface area contributed by atoms with E-state index in [1.54, 1.807) is 0 Å². The van der Waals surface area contributed by atoms with Gasteiger partial charge in [0.25, 0.3) is 10.6 Å². The van der Waals surface area contributed by atoms with Gasteiger partial charge in [0.05, 0.1) is 9.85 Å². The summed E-state index contributed by atoms with van der Waals surface area (Å²) in [6, 6.07) is -0.563. The molecule has 0 bridgehead atoms. The molecule has 0 radical (unpaired) electrons. The standard InChI is InChI=1S/C8H2F6N2O6S/c9-7(10,8(11,12)13)3-1-2-4(15(17)18)6(23(14,21)22)5(3)16(19)20/h1-2H. The molecule has 0 heterocycles. The predicted octanol–water partition coefficient (Wildman–Crippen LogP) is 2.82. The number of hydrogen-bond donors (Lipinski definition) is 0. The summed E-state index contributed by atoms with van der Waals surface area (Å²) in [6.45, 7) is 0. The lowest BCUT2D eigenvalue weighted by Crippen LogP contribution is -2.34. The first-order valence-corrected chi connectivity index (χ1v) is 6.36. The first-order valence-electron chi connectivity index (χ1n) is 4.97. The van der Waals surface area contributed by atoms with Crippen molar-refractivity contribution >= 4 is 21.6 Å². The van der Waals surface area contributed by atoms with Gasteiger partial charge in [0, 0.05) is 6.07 Å². The van der Waals surface area contributed by atoms with Crippen LogP contribution in [0.15, 0.2) is 17.0 Å². The van der Waals surface area contributed by atoms with Crippen LogP contribution in [0.4, 0.5) is 37.2 Å². The smallest absolute Gasteiger partial charge is 0.258 e. The van der Waals surface area contributed by atoms with Crippen molar-refractivity contribution in [1.29, 1.82) is 0 Å². The van der Waals surface area contributed by atoms with Gasteiger partial charge < -0.3 is 0 Å². The maximum atomic E-state index is 13.3. The quantitative estimate of drug-likeness (QED) is 0.349. The molecule has 8 nitrogen and oxygen atoms in total. The van der Waals surface area contributed by atoms with Crippen LogP contribution in [-0.4, -0.2) is 24.4 Å². The topological polar surface area (TPSA) is 120 Å². The Morgan fingerprint density at radius 3 is 1.74 bits per heavy atom. The van der Waals surface area contributed by atoms with Gasteiger partial charge in [-0.15, -0.1) is 0 Å². The zero-order chi connectivity index (χ0) is 18.4. The number of hydrogen-bond acceptors (Lipinski definition) is 6. The minimum Gasteiger partial charge on any atom is -0.258 e. The summed E-state index contributed by atoms with van der Waals surface area (Å²) in [7, 11) is -6.37. The van der Waals surface area contributed by atoms with E-state index in [1.807, 2.05) is 0 Å². The molecule has 0 N–H and O–H groups in total. The molecule has 0 saturated heterocycles. The molecular weight excluding hydrogens is 366 g/mol. The molecule has 0 atom stereocenters. The minimum absolute atomic E-state index is 0.200. The zero-order valence-corrected chi connectivity index (χ0v) is 11.0. The van der Waals surface area contributed by atoms with Gasteiger partial charge in [-0.05, 0) is 6.07 Å². The summed E-state index contributed by atoms with van der Waals surface area (Å²) >= 11 is 0. The van der Waals surface area contributed by atoms with Crippen molar-refractivity contribution in [2.24, 2.45) is 0 Å². The van der Waals surface area contributed by atoms with Gasteiger partial charge in [-0.1, -0.05) is 3.89 Å². The molecular formula is C8H2F6N2O6S. The van der Waals surface area contributed by atoms with Gasteiger partial charge in [0.1, 0.15) is 5.56 Å². The molecule has 0 aliphatic carbocycles. The van der Waals surface area contributed by atoms with Crippen molar-refractivity contribution in [2.45, 2.75) is 17.0 Å². The Balaban J connectivity index is 4.07. The fourth-order valence-corrected chi connectivity index (χ4v) is 2.34. The maximum absolute atomic E-state index is 13.3. The Morgan fingerprint density at radius 2 is 1.43 bits per heavy atom. The fourth-order valence-electron chi connectivity index (χ4n) is 1.53. The van der Waals surface area contributed by atoms with E-state index in [-0.39, 0.29) is 12.1 Å². The van der Waals surface area contributed by atoms with E-state index in [4.69, 9.17) is 0 Å². The van der Waals surface area contributed by atoms with Crippen molar-refractivity contribution in [3.8, 4) is 0 Å². The highest BCUT2D eigenvalue weighted by atomic mass is 32.3. The summed E-state index contributed by atoms with van der Waals surface area (Å²) in [5, 5.41) is 21.2. The molecule has 15 heteroatoms. The predicted molar refractivity (Wildman–Crippen MR) is 58.0 cm³/mol. The molecule has 0 fully saturated rings. The minimum atomic E-state index is -6.40. The molecule has 128 valence electrons. The van der Waals surface area contributed by atoms with Crippen molar-refractivity contribution < 1.29 is 44.1 Å². The van der Waals surface area contributed by atoms with E-state index in [1.165, 1.54) is 0 Å². The first kappa shape index (κ1) is 18.6. The highest BCUT2D eigenvalue weighted by Crippen LogP contribution is 2.50. The lowest BCUT2D eigenvalue weighted by Gasteiger charge is -2.20. The van der Waals surface area contributed by atoms with Crippen LogP contribution in [0.5, 0.6) is 0 Å². The second-order valence-corrected chi connectivity index (χ2v) is 5.12. The van der Waals surface area contributed by atoms with Crippen molar-refractivity contribution in [3.05, 3.63) is 37.9 Å². The molecule has 1 rings (SSSR count). The molecule has 0 aliphatic heterocycles. The summed E-state index contributed by atoms with van der Waals surface area (Å²) in [6.07, 6.45) is -6.40. The summed E-state index contributed by atoms with van der Waals surface area (Å²) in [4.78, 5) is 15.0. The van der Waals surface area contributed by atoms with Crippen LogP contribution in [-0.2, 0) is 16.1 Å². The Kier molecular flexibility index (Phi) is 4.30. The Labute approximate surface area is 121 Å². The number of nitro groups is 2. The van der Waals surface area contributed by atoms with Crippen molar-refractivity contribution in [2.75, 3.05) is 0 Å². The van der Waals surface area contributed by atoms with Gasteiger partial charge in [-0.3, -0.25) is 20.2 Å². The van der Waals surface area contributed by atoms with Crippen LogP contribution in [0.2, 0.25) is 0 Å². The summed E-state index contributed by atoms with van der Waals surface area (Å²) in [5.74, 6) is -5.95. The van der Waals surface area contributed by atoms with Crippen LogP contribution < -0.4 is 0 Å². The molecule has 1 aromatic rings. The third kappa shape index (κ3) is 3.17. The molecule has 0 saturated carbocycles. The largest absolute Gasteiger partial charge is 0.458 e. The van der Waals surface area contributed by atoms with Crippen LogP contribution in [0, 0.1) is 20.2 Å². The number of benzene rings is 1. The number of nitrogens with zero attached hydrogens (tertiary/aromatic N) is 2. The average Bonchev–Trinajstić information content (AvgIpc) is 2.34. The van der Waals surface area contributed by atoms with Crippen molar-refractivity contribution in [3.63, 3.8) is 0 Å². The molecule has 23 heavy (non-hydrogen) atoms. The molecule has 1 aromatic carbocycles. The maximum Gasteiger partial charge on any atom is 0.458 e. The number of nitro benzene ring substituents is 2. The van der Waals surface area contributed by atoms with Gasteiger partial charge in [0.2, 0.25) is 0 Å². The second-order valence-electron chi connectivity index (χ2n) is 3.83. The highest BCUT2D eigenvalue weighted by Gasteiger charge is 2.62. The van der Waals surface area contributed by atoms with E-state index >= 15 is 0 Å². The van der Waals surface area contributed by atoms with Crippen LogP contribution in [0.25, 0.3) is 0 Å². The van der Waals surface area contributed by atoms with Crippen molar-refractivity contribution in [1.82, 2.24) is 0 Å². The third-order valence-corrected chi connectivity index (χ3v) is 3.32. The van der Waals surface area contributed by atoms with Crippen LogP contribution >= 0.6 is 0 Å². The molecule has 0 aliphatic rings. The normalized spacial score (nSPS) is 13.0. The van der Waals surface area contributed by atoms with Gasteiger partial charge in [0.15, 0.2) is 0 Å². The number of alkyl halides is 5. The van der Waals surface area contributed by atoms with Gasteiger partial charge >= 0.3 is 28.0 Å². The van der Waals surface area contributed by atoms with E-state index in [0.29, 0.717) is 0 Å². The summed E-state index contributed by atoms with van der Waals surface area (Å²) in [5.41, 5.74) is -6.97. The van der Waals surface area contributed by atoms with Gasteiger partial charge in [-0.25, -0.2) is 0 Å². The molecule has 0 spiro atoms. The van der Waals surface area contributed by atoms with E-state index in [9.17, 15) is 54.5 Å². The highest BCUT2D eigenvalue weighted by molar-refractivity contribution is 7.86. The molecule has 0 unspecified atom stereocenters. The third-order valence-electron chi connectivity index (χ3n) is 2.43.